The molecule has 0 spiro atoms. The number of rotatable bonds is 7. The van der Waals surface area contributed by atoms with Crippen molar-refractivity contribution in [2.75, 3.05) is 20.3 Å². The van der Waals surface area contributed by atoms with Crippen LogP contribution in [0.2, 0.25) is 0 Å². The Bertz CT molecular complexity index is 1160. The van der Waals surface area contributed by atoms with E-state index in [-0.39, 0.29) is 24.5 Å². The molecule has 0 saturated carbocycles. The van der Waals surface area contributed by atoms with E-state index in [1.807, 2.05) is 0 Å². The number of carbonyl (C=O) groups excluding carboxylic acids is 1. The molecule has 2 aromatic carbocycles. The van der Waals surface area contributed by atoms with Crippen molar-refractivity contribution < 1.29 is 27.4 Å². The van der Waals surface area contributed by atoms with E-state index in [2.05, 4.69) is 10.4 Å². The van der Waals surface area contributed by atoms with Gasteiger partial charge in [0, 0.05) is 11.8 Å². The number of amides is 1. The molecule has 1 aromatic heterocycles. The Morgan fingerprint density at radius 1 is 1.09 bits per heavy atom. The number of aryl methyl sites for hydroxylation is 1. The molecule has 0 aliphatic rings. The molecule has 10 heteroatoms. The van der Waals surface area contributed by atoms with Crippen molar-refractivity contribution in [3.8, 4) is 17.2 Å². The summed E-state index contributed by atoms with van der Waals surface area (Å²) in [6.45, 7) is 1.73. The quantitative estimate of drug-likeness (QED) is 0.562. The average molecular weight is 447 g/mol. The lowest BCUT2D eigenvalue weighted by Gasteiger charge is -2.13. The number of nitrogens with zero attached hydrogens (tertiary/aromatic N) is 2. The highest BCUT2D eigenvalue weighted by atomic mass is 19.4. The van der Waals surface area contributed by atoms with Crippen LogP contribution >= 0.6 is 0 Å². The van der Waals surface area contributed by atoms with Gasteiger partial charge in [-0.2, -0.15) is 18.3 Å². The minimum atomic E-state index is -4.53. The number of alkyl halides is 3. The first-order chi connectivity index (χ1) is 15.2. The standard InChI is InChI=1S/C22H20F3N3O4/c1-14-12-19(29)20(27-28(14)16-5-3-4-15(13-16)22(23,24)25)21(30)26-10-11-32-18-8-6-17(31-2)7-9-18/h3-9,12-13H,10-11H2,1-2H3,(H,26,30). The summed E-state index contributed by atoms with van der Waals surface area (Å²) < 4.78 is 50.8. The Kier molecular flexibility index (Phi) is 6.82. The molecule has 0 bridgehead atoms. The number of ether oxygens (including phenoxy) is 2. The maximum absolute atomic E-state index is 13.0. The smallest absolute Gasteiger partial charge is 0.416 e. The van der Waals surface area contributed by atoms with Crippen LogP contribution in [0.15, 0.2) is 59.4 Å². The van der Waals surface area contributed by atoms with Gasteiger partial charge in [-0.05, 0) is 49.4 Å². The first-order valence-corrected chi connectivity index (χ1v) is 9.52. The molecule has 0 atom stereocenters. The van der Waals surface area contributed by atoms with Gasteiger partial charge in [-0.1, -0.05) is 6.07 Å². The summed E-state index contributed by atoms with van der Waals surface area (Å²) in [5.41, 5.74) is -1.57. The van der Waals surface area contributed by atoms with E-state index in [9.17, 15) is 22.8 Å². The van der Waals surface area contributed by atoms with Crippen LogP contribution in [0.4, 0.5) is 13.2 Å². The fraction of sp³-hybridized carbons (Fsp3) is 0.227. The van der Waals surface area contributed by atoms with Gasteiger partial charge < -0.3 is 14.8 Å². The van der Waals surface area contributed by atoms with Crippen LogP contribution < -0.4 is 20.2 Å². The second-order valence-corrected chi connectivity index (χ2v) is 6.74. The molecule has 1 heterocycles. The normalized spacial score (nSPS) is 11.2. The number of carbonyl (C=O) groups is 1. The molecular formula is C22H20F3N3O4. The van der Waals surface area contributed by atoms with Crippen LogP contribution in [0.3, 0.4) is 0 Å². The first kappa shape index (κ1) is 22.9. The number of benzene rings is 2. The van der Waals surface area contributed by atoms with Crippen molar-refractivity contribution in [1.29, 1.82) is 0 Å². The lowest BCUT2D eigenvalue weighted by molar-refractivity contribution is -0.137. The van der Waals surface area contributed by atoms with E-state index in [1.54, 1.807) is 31.4 Å². The number of nitrogens with one attached hydrogen (secondary N) is 1. The number of methoxy groups -OCH3 is 1. The summed E-state index contributed by atoms with van der Waals surface area (Å²) in [6.07, 6.45) is -4.53. The molecule has 32 heavy (non-hydrogen) atoms. The predicted molar refractivity (Wildman–Crippen MR) is 110 cm³/mol. The summed E-state index contributed by atoms with van der Waals surface area (Å²) in [7, 11) is 1.55. The zero-order valence-corrected chi connectivity index (χ0v) is 17.3. The minimum Gasteiger partial charge on any atom is -0.497 e. The van der Waals surface area contributed by atoms with Crippen LogP contribution in [0.5, 0.6) is 11.5 Å². The lowest BCUT2D eigenvalue weighted by atomic mass is 10.2. The van der Waals surface area contributed by atoms with Gasteiger partial charge in [0.25, 0.3) is 5.91 Å². The largest absolute Gasteiger partial charge is 0.497 e. The molecule has 0 fully saturated rings. The molecule has 0 aliphatic heterocycles. The molecule has 7 nitrogen and oxygen atoms in total. The average Bonchev–Trinajstić information content (AvgIpc) is 2.76. The second-order valence-electron chi connectivity index (χ2n) is 6.74. The Labute approximate surface area is 181 Å². The van der Waals surface area contributed by atoms with Crippen LogP contribution in [0, 0.1) is 6.92 Å². The van der Waals surface area contributed by atoms with E-state index >= 15 is 0 Å². The lowest BCUT2D eigenvalue weighted by Crippen LogP contribution is -2.34. The predicted octanol–water partition coefficient (Wildman–Crippen LogP) is 3.38. The van der Waals surface area contributed by atoms with Crippen LogP contribution in [-0.4, -0.2) is 35.9 Å². The molecule has 0 unspecified atom stereocenters. The molecule has 3 aromatic rings. The molecule has 0 aliphatic carbocycles. The zero-order valence-electron chi connectivity index (χ0n) is 17.3. The van der Waals surface area contributed by atoms with E-state index < -0.39 is 28.8 Å². The van der Waals surface area contributed by atoms with Gasteiger partial charge >= 0.3 is 6.18 Å². The van der Waals surface area contributed by atoms with Gasteiger partial charge in [-0.15, -0.1) is 0 Å². The van der Waals surface area contributed by atoms with E-state index in [4.69, 9.17) is 9.47 Å². The maximum Gasteiger partial charge on any atom is 0.416 e. The molecular weight excluding hydrogens is 427 g/mol. The Morgan fingerprint density at radius 3 is 2.44 bits per heavy atom. The molecule has 1 amide bonds. The SMILES string of the molecule is COc1ccc(OCCNC(=O)c2nn(-c3cccc(C(F)(F)F)c3)c(C)cc2=O)cc1. The molecule has 168 valence electrons. The summed E-state index contributed by atoms with van der Waals surface area (Å²) in [4.78, 5) is 24.7. The zero-order chi connectivity index (χ0) is 23.3. The Morgan fingerprint density at radius 2 is 1.78 bits per heavy atom. The highest BCUT2D eigenvalue weighted by Gasteiger charge is 2.30. The fourth-order valence-corrected chi connectivity index (χ4v) is 2.87. The summed E-state index contributed by atoms with van der Waals surface area (Å²) >= 11 is 0. The number of halogens is 3. The monoisotopic (exact) mass is 447 g/mol. The van der Waals surface area contributed by atoms with E-state index in [1.165, 1.54) is 19.1 Å². The Balaban J connectivity index is 1.71. The maximum atomic E-state index is 13.0. The topological polar surface area (TPSA) is 82.4 Å². The fourth-order valence-electron chi connectivity index (χ4n) is 2.87. The van der Waals surface area contributed by atoms with Crippen LogP contribution in [0.1, 0.15) is 21.7 Å². The molecule has 3 rings (SSSR count). The highest BCUT2D eigenvalue weighted by Crippen LogP contribution is 2.30. The van der Waals surface area contributed by atoms with Gasteiger partial charge in [0.2, 0.25) is 5.43 Å². The van der Waals surface area contributed by atoms with Crippen LogP contribution in [-0.2, 0) is 6.18 Å². The van der Waals surface area contributed by atoms with Gasteiger partial charge in [-0.25, -0.2) is 4.68 Å². The van der Waals surface area contributed by atoms with Crippen molar-refractivity contribution in [3.05, 3.63) is 81.8 Å². The van der Waals surface area contributed by atoms with Crippen molar-refractivity contribution in [2.24, 2.45) is 0 Å². The second kappa shape index (κ2) is 9.54. The molecule has 0 saturated heterocycles. The van der Waals surface area contributed by atoms with Crippen molar-refractivity contribution in [1.82, 2.24) is 15.1 Å². The number of aromatic nitrogens is 2. The van der Waals surface area contributed by atoms with Gasteiger partial charge in [0.15, 0.2) is 5.69 Å². The minimum absolute atomic E-state index is 0.0780. The Hall–Kier alpha value is -3.82. The third kappa shape index (κ3) is 5.45. The van der Waals surface area contributed by atoms with Gasteiger partial charge in [0.1, 0.15) is 18.1 Å². The van der Waals surface area contributed by atoms with E-state index in [0.29, 0.717) is 11.5 Å². The van der Waals surface area contributed by atoms with E-state index in [0.717, 1.165) is 22.9 Å². The number of hydrogen-bond donors (Lipinski definition) is 1. The highest BCUT2D eigenvalue weighted by molar-refractivity contribution is 5.92. The van der Waals surface area contributed by atoms with Gasteiger partial charge in [-0.3, -0.25) is 9.59 Å². The summed E-state index contributed by atoms with van der Waals surface area (Å²) in [5, 5.41) is 6.51. The first-order valence-electron chi connectivity index (χ1n) is 9.52. The number of hydrogen-bond acceptors (Lipinski definition) is 5. The summed E-state index contributed by atoms with van der Waals surface area (Å²) in [6, 6.07) is 12.5. The third-order valence-electron chi connectivity index (χ3n) is 4.46. The molecule has 1 N–H and O–H groups in total. The summed E-state index contributed by atoms with van der Waals surface area (Å²) in [5.74, 6) is 0.489. The van der Waals surface area contributed by atoms with Crippen molar-refractivity contribution in [3.63, 3.8) is 0 Å². The van der Waals surface area contributed by atoms with Gasteiger partial charge in [0.05, 0.1) is 24.9 Å². The van der Waals surface area contributed by atoms with Crippen molar-refractivity contribution in [2.45, 2.75) is 13.1 Å². The van der Waals surface area contributed by atoms with Crippen molar-refractivity contribution >= 4 is 5.91 Å². The van der Waals surface area contributed by atoms with Crippen LogP contribution in [0.25, 0.3) is 5.69 Å². The molecule has 0 radical (unpaired) electrons. The third-order valence-corrected chi connectivity index (χ3v) is 4.46.